The van der Waals surface area contributed by atoms with Gasteiger partial charge >= 0.3 is 11.8 Å². The number of amides is 2. The second-order valence-corrected chi connectivity index (χ2v) is 7.43. The molecule has 0 aliphatic rings. The molecule has 0 aliphatic carbocycles. The van der Waals surface area contributed by atoms with Crippen LogP contribution in [0, 0.1) is 0 Å². The zero-order valence-corrected chi connectivity index (χ0v) is 15.1. The van der Waals surface area contributed by atoms with Crippen molar-refractivity contribution in [3.8, 4) is 0 Å². The molecule has 2 N–H and O–H groups in total. The molecule has 0 radical (unpaired) electrons. The van der Waals surface area contributed by atoms with Gasteiger partial charge in [-0.3, -0.25) is 14.4 Å². The minimum Gasteiger partial charge on any atom is -0.347 e. The molecular formula is C16H19N3O3S2. The third-order valence-corrected chi connectivity index (χ3v) is 5.06. The van der Waals surface area contributed by atoms with Gasteiger partial charge in [0, 0.05) is 18.0 Å². The van der Waals surface area contributed by atoms with Crippen LogP contribution in [0.25, 0.3) is 0 Å². The lowest BCUT2D eigenvalue weighted by molar-refractivity contribution is -0.139. The van der Waals surface area contributed by atoms with Gasteiger partial charge in [-0.2, -0.15) is 0 Å². The van der Waals surface area contributed by atoms with Gasteiger partial charge in [-0.15, -0.1) is 22.7 Å². The van der Waals surface area contributed by atoms with Gasteiger partial charge in [0.2, 0.25) is 5.78 Å². The molecule has 24 heavy (non-hydrogen) atoms. The first-order valence-electron chi connectivity index (χ1n) is 7.35. The van der Waals surface area contributed by atoms with E-state index in [-0.39, 0.29) is 12.3 Å². The molecule has 2 aromatic heterocycles. The van der Waals surface area contributed by atoms with Crippen LogP contribution in [0.1, 0.15) is 19.4 Å². The standard InChI is InChI=1S/C16H19N3O3S2/c1-19(2)8-7-17-15(21)16(22)18-10-11-5-6-13(24-11)14(20)12-4-3-9-23-12/h3-6,9H,7-8,10H2,1-2H3,(H,17,21)(H,18,22). The summed E-state index contributed by atoms with van der Waals surface area (Å²) in [6, 6.07) is 7.15. The third kappa shape index (κ3) is 5.26. The van der Waals surface area contributed by atoms with Crippen molar-refractivity contribution < 1.29 is 14.4 Å². The molecule has 2 heterocycles. The van der Waals surface area contributed by atoms with Crippen LogP contribution in [0.2, 0.25) is 0 Å². The van der Waals surface area contributed by atoms with Crippen LogP contribution in [-0.2, 0) is 16.1 Å². The summed E-state index contributed by atoms with van der Waals surface area (Å²) in [5, 5.41) is 6.97. The number of nitrogens with one attached hydrogen (secondary N) is 2. The summed E-state index contributed by atoms with van der Waals surface area (Å²) in [5.74, 6) is -1.34. The van der Waals surface area contributed by atoms with Crippen molar-refractivity contribution >= 4 is 40.3 Å². The van der Waals surface area contributed by atoms with Crippen LogP contribution < -0.4 is 10.6 Å². The van der Waals surface area contributed by atoms with Crippen LogP contribution in [-0.4, -0.2) is 49.7 Å². The molecule has 6 nitrogen and oxygen atoms in total. The maximum atomic E-state index is 12.2. The van der Waals surface area contributed by atoms with Crippen LogP contribution in [0.3, 0.4) is 0 Å². The molecule has 0 aliphatic heterocycles. The van der Waals surface area contributed by atoms with Gasteiger partial charge in [0.25, 0.3) is 0 Å². The fourth-order valence-electron chi connectivity index (χ4n) is 1.85. The van der Waals surface area contributed by atoms with E-state index in [1.807, 2.05) is 30.4 Å². The Hall–Kier alpha value is -2.03. The summed E-state index contributed by atoms with van der Waals surface area (Å²) < 4.78 is 0. The number of hydrogen-bond acceptors (Lipinski definition) is 6. The van der Waals surface area contributed by atoms with E-state index < -0.39 is 11.8 Å². The highest BCUT2D eigenvalue weighted by molar-refractivity contribution is 7.16. The Balaban J connectivity index is 1.81. The second-order valence-electron chi connectivity index (χ2n) is 5.31. The van der Waals surface area contributed by atoms with Crippen molar-refractivity contribution in [3.63, 3.8) is 0 Å². The average molecular weight is 365 g/mol. The first-order valence-corrected chi connectivity index (χ1v) is 9.04. The quantitative estimate of drug-likeness (QED) is 0.573. The number of hydrogen-bond donors (Lipinski definition) is 2. The summed E-state index contributed by atoms with van der Waals surface area (Å²) in [7, 11) is 3.77. The van der Waals surface area contributed by atoms with E-state index in [9.17, 15) is 14.4 Å². The molecule has 0 atom stereocenters. The average Bonchev–Trinajstić information content (AvgIpc) is 3.23. The van der Waals surface area contributed by atoms with Gasteiger partial charge in [0.1, 0.15) is 0 Å². The monoisotopic (exact) mass is 365 g/mol. The minimum absolute atomic E-state index is 0.0194. The maximum Gasteiger partial charge on any atom is 0.309 e. The molecule has 0 saturated heterocycles. The summed E-state index contributed by atoms with van der Waals surface area (Å²) in [6.45, 7) is 1.30. The Morgan fingerprint density at radius 1 is 1.04 bits per heavy atom. The number of nitrogens with zero attached hydrogens (tertiary/aromatic N) is 1. The Kier molecular flexibility index (Phi) is 6.65. The second kappa shape index (κ2) is 8.72. The molecule has 0 aromatic carbocycles. The predicted octanol–water partition coefficient (Wildman–Crippen LogP) is 1.33. The molecule has 0 unspecified atom stereocenters. The first-order chi connectivity index (χ1) is 11.5. The van der Waals surface area contributed by atoms with Crippen LogP contribution in [0.4, 0.5) is 0 Å². The highest BCUT2D eigenvalue weighted by atomic mass is 32.1. The number of ketones is 1. The van der Waals surface area contributed by atoms with E-state index in [0.717, 1.165) is 4.88 Å². The molecule has 0 saturated carbocycles. The summed E-state index contributed by atoms with van der Waals surface area (Å²) in [5.41, 5.74) is 0. The maximum absolute atomic E-state index is 12.2. The number of rotatable bonds is 7. The Morgan fingerprint density at radius 2 is 1.79 bits per heavy atom. The molecule has 0 bridgehead atoms. The molecule has 0 fully saturated rings. The molecule has 8 heteroatoms. The zero-order chi connectivity index (χ0) is 17.5. The highest BCUT2D eigenvalue weighted by Crippen LogP contribution is 2.22. The largest absolute Gasteiger partial charge is 0.347 e. The van der Waals surface area contributed by atoms with Crippen molar-refractivity contribution in [1.29, 1.82) is 0 Å². The summed E-state index contributed by atoms with van der Waals surface area (Å²) in [4.78, 5) is 39.6. The Bertz CT molecular complexity index is 708. The fourth-order valence-corrected chi connectivity index (χ4v) is 3.49. The summed E-state index contributed by atoms with van der Waals surface area (Å²) in [6.07, 6.45) is 0. The van der Waals surface area contributed by atoms with Crippen LogP contribution in [0.15, 0.2) is 29.6 Å². The van der Waals surface area contributed by atoms with Gasteiger partial charge < -0.3 is 15.5 Å². The van der Waals surface area contributed by atoms with Gasteiger partial charge in [-0.1, -0.05) is 6.07 Å². The summed E-state index contributed by atoms with van der Waals surface area (Å²) >= 11 is 2.72. The van der Waals surface area contributed by atoms with Crippen molar-refractivity contribution in [2.45, 2.75) is 6.54 Å². The lowest BCUT2D eigenvalue weighted by atomic mass is 10.3. The van der Waals surface area contributed by atoms with E-state index in [1.54, 1.807) is 18.2 Å². The molecule has 2 aromatic rings. The van der Waals surface area contributed by atoms with Crippen LogP contribution in [0.5, 0.6) is 0 Å². The zero-order valence-electron chi connectivity index (χ0n) is 13.5. The minimum atomic E-state index is -0.673. The SMILES string of the molecule is CN(C)CCNC(=O)C(=O)NCc1ccc(C(=O)c2cccs2)s1. The number of likely N-dealkylation sites (N-methyl/N-ethyl adjacent to an activating group) is 1. The van der Waals surface area contributed by atoms with Crippen molar-refractivity contribution in [2.75, 3.05) is 27.2 Å². The molecule has 0 spiro atoms. The molecule has 128 valence electrons. The lowest BCUT2D eigenvalue weighted by Gasteiger charge is -2.10. The normalized spacial score (nSPS) is 10.6. The lowest BCUT2D eigenvalue weighted by Crippen LogP contribution is -2.41. The van der Waals surface area contributed by atoms with Gasteiger partial charge in [0.15, 0.2) is 0 Å². The fraction of sp³-hybridized carbons (Fsp3) is 0.312. The van der Waals surface area contributed by atoms with E-state index >= 15 is 0 Å². The Labute approximate surface area is 148 Å². The van der Waals surface area contributed by atoms with Gasteiger partial charge in [0.05, 0.1) is 16.3 Å². The topological polar surface area (TPSA) is 78.5 Å². The molecular weight excluding hydrogens is 346 g/mol. The van der Waals surface area contributed by atoms with E-state index in [2.05, 4.69) is 10.6 Å². The van der Waals surface area contributed by atoms with Gasteiger partial charge in [-0.25, -0.2) is 0 Å². The van der Waals surface area contributed by atoms with Crippen molar-refractivity contribution in [1.82, 2.24) is 15.5 Å². The van der Waals surface area contributed by atoms with Gasteiger partial charge in [-0.05, 0) is 37.7 Å². The highest BCUT2D eigenvalue weighted by Gasteiger charge is 2.15. The number of carbonyl (C=O) groups excluding carboxylic acids is 3. The number of carbonyl (C=O) groups is 3. The van der Waals surface area contributed by atoms with E-state index in [1.165, 1.54) is 22.7 Å². The van der Waals surface area contributed by atoms with E-state index in [0.29, 0.717) is 22.8 Å². The third-order valence-electron chi connectivity index (χ3n) is 3.10. The van der Waals surface area contributed by atoms with Crippen molar-refractivity contribution in [2.24, 2.45) is 0 Å². The van der Waals surface area contributed by atoms with E-state index in [4.69, 9.17) is 0 Å². The molecule has 2 rings (SSSR count). The number of thiophene rings is 2. The van der Waals surface area contributed by atoms with Crippen molar-refractivity contribution in [3.05, 3.63) is 44.3 Å². The molecule has 2 amide bonds. The Morgan fingerprint density at radius 3 is 2.46 bits per heavy atom. The first kappa shape index (κ1) is 18.3. The van der Waals surface area contributed by atoms with Crippen LogP contribution >= 0.6 is 22.7 Å². The predicted molar refractivity (Wildman–Crippen MR) is 95.5 cm³/mol. The smallest absolute Gasteiger partial charge is 0.309 e.